The Morgan fingerprint density at radius 1 is 1.33 bits per heavy atom. The SMILES string of the molecule is OCCCN(Cc1cncn1C1CC1)C1CCC1. The van der Waals surface area contributed by atoms with Gasteiger partial charge in [-0.15, -0.1) is 0 Å². The molecule has 2 aliphatic rings. The molecule has 1 N–H and O–H groups in total. The van der Waals surface area contributed by atoms with E-state index in [-0.39, 0.29) is 0 Å². The van der Waals surface area contributed by atoms with Crippen molar-refractivity contribution in [3.8, 4) is 0 Å². The van der Waals surface area contributed by atoms with Crippen LogP contribution in [0.5, 0.6) is 0 Å². The summed E-state index contributed by atoms with van der Waals surface area (Å²) in [5.74, 6) is 0. The highest BCUT2D eigenvalue weighted by atomic mass is 16.3. The summed E-state index contributed by atoms with van der Waals surface area (Å²) in [6.07, 6.45) is 11.5. The molecule has 2 aliphatic carbocycles. The normalized spacial score (nSPS) is 20.3. The van der Waals surface area contributed by atoms with Gasteiger partial charge in [0.2, 0.25) is 0 Å². The van der Waals surface area contributed by atoms with Crippen LogP contribution in [-0.4, -0.2) is 38.8 Å². The maximum Gasteiger partial charge on any atom is 0.0951 e. The lowest BCUT2D eigenvalue weighted by Crippen LogP contribution is -2.40. The van der Waals surface area contributed by atoms with Crippen molar-refractivity contribution in [1.82, 2.24) is 14.5 Å². The summed E-state index contributed by atoms with van der Waals surface area (Å²) in [4.78, 5) is 6.84. The van der Waals surface area contributed by atoms with Crippen LogP contribution >= 0.6 is 0 Å². The van der Waals surface area contributed by atoms with Crippen molar-refractivity contribution in [2.75, 3.05) is 13.2 Å². The number of rotatable bonds is 7. The van der Waals surface area contributed by atoms with E-state index in [1.165, 1.54) is 37.8 Å². The fourth-order valence-electron chi connectivity index (χ4n) is 2.76. The molecule has 0 spiro atoms. The Hall–Kier alpha value is -0.870. The summed E-state index contributed by atoms with van der Waals surface area (Å²) in [5, 5.41) is 9.02. The lowest BCUT2D eigenvalue weighted by Gasteiger charge is -2.37. The molecule has 4 nitrogen and oxygen atoms in total. The predicted octanol–water partition coefficient (Wildman–Crippen LogP) is 1.95. The molecule has 0 saturated heterocycles. The van der Waals surface area contributed by atoms with Crippen LogP contribution in [0.1, 0.15) is 50.3 Å². The summed E-state index contributed by atoms with van der Waals surface area (Å²) >= 11 is 0. The third-order valence-electron chi connectivity index (χ3n) is 4.25. The maximum absolute atomic E-state index is 9.02. The van der Waals surface area contributed by atoms with Gasteiger partial charge in [-0.25, -0.2) is 4.98 Å². The largest absolute Gasteiger partial charge is 0.396 e. The summed E-state index contributed by atoms with van der Waals surface area (Å²) in [7, 11) is 0. The maximum atomic E-state index is 9.02. The predicted molar refractivity (Wildman–Crippen MR) is 70.2 cm³/mol. The Labute approximate surface area is 109 Å². The van der Waals surface area contributed by atoms with Gasteiger partial charge in [-0.2, -0.15) is 0 Å². The lowest BCUT2D eigenvalue weighted by atomic mass is 9.91. The second kappa shape index (κ2) is 5.41. The molecule has 0 aromatic carbocycles. The molecule has 1 aromatic heterocycles. The minimum atomic E-state index is 0.297. The molecule has 1 aromatic rings. The molecular weight excluding hydrogens is 226 g/mol. The summed E-state index contributed by atoms with van der Waals surface area (Å²) < 4.78 is 2.35. The number of aliphatic hydroxyl groups is 1. The fourth-order valence-corrected chi connectivity index (χ4v) is 2.76. The van der Waals surface area contributed by atoms with Gasteiger partial charge in [-0.3, -0.25) is 4.90 Å². The van der Waals surface area contributed by atoms with E-state index < -0.39 is 0 Å². The van der Waals surface area contributed by atoms with Crippen molar-refractivity contribution in [2.24, 2.45) is 0 Å². The third kappa shape index (κ3) is 2.59. The van der Waals surface area contributed by atoms with Gasteiger partial charge in [0.05, 0.1) is 12.0 Å². The number of hydrogen-bond donors (Lipinski definition) is 1. The first-order chi connectivity index (χ1) is 8.88. The van der Waals surface area contributed by atoms with Gasteiger partial charge in [-0.05, 0) is 32.1 Å². The average Bonchev–Trinajstić information content (AvgIpc) is 3.05. The van der Waals surface area contributed by atoms with Gasteiger partial charge >= 0.3 is 0 Å². The zero-order chi connectivity index (χ0) is 12.4. The number of imidazole rings is 1. The summed E-state index contributed by atoms with van der Waals surface area (Å²) in [6.45, 7) is 2.31. The van der Waals surface area contributed by atoms with Crippen LogP contribution in [0.2, 0.25) is 0 Å². The standard InChI is InChI=1S/C14H23N3O/c18-8-2-7-16(12-3-1-4-12)10-14-9-15-11-17(14)13-5-6-13/h9,11-13,18H,1-8,10H2. The van der Waals surface area contributed by atoms with Crippen LogP contribution < -0.4 is 0 Å². The summed E-state index contributed by atoms with van der Waals surface area (Å²) in [6, 6.07) is 1.45. The van der Waals surface area contributed by atoms with Crippen LogP contribution in [0, 0.1) is 0 Å². The molecular formula is C14H23N3O. The molecule has 0 bridgehead atoms. The molecule has 0 unspecified atom stereocenters. The van der Waals surface area contributed by atoms with E-state index in [0.717, 1.165) is 25.6 Å². The van der Waals surface area contributed by atoms with E-state index in [0.29, 0.717) is 12.6 Å². The quantitative estimate of drug-likeness (QED) is 0.803. The second-order valence-electron chi connectivity index (χ2n) is 5.66. The molecule has 2 saturated carbocycles. The Balaban J connectivity index is 1.64. The van der Waals surface area contributed by atoms with Crippen LogP contribution in [0.25, 0.3) is 0 Å². The first kappa shape index (κ1) is 12.2. The van der Waals surface area contributed by atoms with E-state index in [4.69, 9.17) is 5.11 Å². The topological polar surface area (TPSA) is 41.3 Å². The van der Waals surface area contributed by atoms with Gasteiger partial charge in [0.15, 0.2) is 0 Å². The molecule has 18 heavy (non-hydrogen) atoms. The fraction of sp³-hybridized carbons (Fsp3) is 0.786. The number of nitrogens with zero attached hydrogens (tertiary/aromatic N) is 3. The van der Waals surface area contributed by atoms with Gasteiger partial charge in [0, 0.05) is 38.0 Å². The first-order valence-electron chi connectivity index (χ1n) is 7.24. The van der Waals surface area contributed by atoms with E-state index in [2.05, 4.69) is 14.5 Å². The highest BCUT2D eigenvalue weighted by molar-refractivity contribution is 5.04. The van der Waals surface area contributed by atoms with Crippen LogP contribution in [0.15, 0.2) is 12.5 Å². The molecule has 0 aliphatic heterocycles. The van der Waals surface area contributed by atoms with Gasteiger partial charge < -0.3 is 9.67 Å². The minimum absolute atomic E-state index is 0.297. The highest BCUT2D eigenvalue weighted by Crippen LogP contribution is 2.36. The van der Waals surface area contributed by atoms with Gasteiger partial charge in [0.25, 0.3) is 0 Å². The molecule has 1 heterocycles. The highest BCUT2D eigenvalue weighted by Gasteiger charge is 2.28. The van der Waals surface area contributed by atoms with Crippen LogP contribution in [0.3, 0.4) is 0 Å². The summed E-state index contributed by atoms with van der Waals surface area (Å²) in [5.41, 5.74) is 1.35. The van der Waals surface area contributed by atoms with E-state index in [1.807, 2.05) is 12.5 Å². The second-order valence-corrected chi connectivity index (χ2v) is 5.66. The number of hydrogen-bond acceptors (Lipinski definition) is 3. The zero-order valence-corrected chi connectivity index (χ0v) is 11.0. The number of aromatic nitrogens is 2. The van der Waals surface area contributed by atoms with Crippen molar-refractivity contribution < 1.29 is 5.11 Å². The van der Waals surface area contributed by atoms with Gasteiger partial charge in [-0.1, -0.05) is 6.42 Å². The van der Waals surface area contributed by atoms with Gasteiger partial charge in [0.1, 0.15) is 0 Å². The Morgan fingerprint density at radius 2 is 2.17 bits per heavy atom. The Bertz CT molecular complexity index is 382. The smallest absolute Gasteiger partial charge is 0.0951 e. The monoisotopic (exact) mass is 249 g/mol. The first-order valence-corrected chi connectivity index (χ1v) is 7.24. The Morgan fingerprint density at radius 3 is 2.78 bits per heavy atom. The van der Waals surface area contributed by atoms with E-state index >= 15 is 0 Å². The van der Waals surface area contributed by atoms with Crippen molar-refractivity contribution in [1.29, 1.82) is 0 Å². The lowest BCUT2D eigenvalue weighted by molar-refractivity contribution is 0.107. The van der Waals surface area contributed by atoms with Crippen molar-refractivity contribution in [3.63, 3.8) is 0 Å². The molecule has 3 rings (SSSR count). The minimum Gasteiger partial charge on any atom is -0.396 e. The van der Waals surface area contributed by atoms with E-state index in [9.17, 15) is 0 Å². The molecule has 4 heteroatoms. The zero-order valence-electron chi connectivity index (χ0n) is 11.0. The van der Waals surface area contributed by atoms with Crippen molar-refractivity contribution >= 4 is 0 Å². The van der Waals surface area contributed by atoms with Crippen molar-refractivity contribution in [3.05, 3.63) is 18.2 Å². The third-order valence-corrected chi connectivity index (χ3v) is 4.25. The Kier molecular flexibility index (Phi) is 3.66. The molecule has 0 radical (unpaired) electrons. The molecule has 0 amide bonds. The van der Waals surface area contributed by atoms with Crippen molar-refractivity contribution in [2.45, 2.75) is 57.2 Å². The van der Waals surface area contributed by atoms with E-state index in [1.54, 1.807) is 0 Å². The van der Waals surface area contributed by atoms with Crippen LogP contribution in [0.4, 0.5) is 0 Å². The van der Waals surface area contributed by atoms with Crippen LogP contribution in [-0.2, 0) is 6.54 Å². The molecule has 100 valence electrons. The number of aliphatic hydroxyl groups excluding tert-OH is 1. The molecule has 0 atom stereocenters. The average molecular weight is 249 g/mol. The molecule has 2 fully saturated rings.